The van der Waals surface area contributed by atoms with Crippen molar-refractivity contribution in [1.82, 2.24) is 14.5 Å². The van der Waals surface area contributed by atoms with E-state index in [2.05, 4.69) is 9.97 Å². The molecule has 3 heterocycles. The second-order valence-electron chi connectivity index (χ2n) is 5.90. The summed E-state index contributed by atoms with van der Waals surface area (Å²) in [7, 11) is 0. The number of ketones is 1. The quantitative estimate of drug-likeness (QED) is 0.535. The topological polar surface area (TPSA) is 64.8 Å². The predicted octanol–water partition coefficient (Wildman–Crippen LogP) is 3.07. The molecule has 0 radical (unpaired) electrons. The van der Waals surface area contributed by atoms with E-state index in [1.165, 1.54) is 0 Å². The van der Waals surface area contributed by atoms with E-state index in [0.717, 1.165) is 11.2 Å². The van der Waals surface area contributed by atoms with Crippen molar-refractivity contribution in [3.05, 3.63) is 106 Å². The van der Waals surface area contributed by atoms with E-state index in [1.54, 1.807) is 49.1 Å². The Balaban J connectivity index is 1.90. The second-order valence-corrected chi connectivity index (χ2v) is 5.90. The van der Waals surface area contributed by atoms with Crippen molar-refractivity contribution >= 4 is 16.7 Å². The molecule has 0 aliphatic carbocycles. The van der Waals surface area contributed by atoms with Crippen molar-refractivity contribution in [2.75, 3.05) is 0 Å². The van der Waals surface area contributed by atoms with Crippen LogP contribution in [0.25, 0.3) is 10.9 Å². The molecule has 126 valence electrons. The van der Waals surface area contributed by atoms with Gasteiger partial charge in [-0.25, -0.2) is 0 Å². The molecule has 1 aromatic carbocycles. The number of fused-ring (bicyclic) bond motifs is 1. The van der Waals surface area contributed by atoms with Crippen LogP contribution in [-0.2, 0) is 6.54 Å². The van der Waals surface area contributed by atoms with E-state index in [-0.39, 0.29) is 16.8 Å². The molecule has 26 heavy (non-hydrogen) atoms. The maximum absolute atomic E-state index is 12.9. The molecule has 0 saturated carbocycles. The van der Waals surface area contributed by atoms with E-state index in [1.807, 2.05) is 34.9 Å². The lowest BCUT2D eigenvalue weighted by Crippen LogP contribution is -2.20. The number of para-hydroxylation sites is 1. The minimum Gasteiger partial charge on any atom is -0.340 e. The minimum atomic E-state index is -0.307. The average Bonchev–Trinajstić information content (AvgIpc) is 2.71. The average molecular weight is 341 g/mol. The Morgan fingerprint density at radius 2 is 1.69 bits per heavy atom. The molecule has 5 nitrogen and oxygen atoms in total. The van der Waals surface area contributed by atoms with Crippen molar-refractivity contribution in [3.8, 4) is 0 Å². The largest absolute Gasteiger partial charge is 0.340 e. The number of aromatic nitrogens is 3. The normalized spacial score (nSPS) is 10.8. The molecule has 0 fully saturated rings. The lowest BCUT2D eigenvalue weighted by Gasteiger charge is -2.13. The zero-order valence-corrected chi connectivity index (χ0v) is 13.9. The van der Waals surface area contributed by atoms with Crippen LogP contribution >= 0.6 is 0 Å². The first kappa shape index (κ1) is 15.9. The van der Waals surface area contributed by atoms with E-state index in [9.17, 15) is 9.59 Å². The van der Waals surface area contributed by atoms with Crippen molar-refractivity contribution in [2.45, 2.75) is 6.54 Å². The molecule has 0 saturated heterocycles. The summed E-state index contributed by atoms with van der Waals surface area (Å²) in [6.45, 7) is 0.470. The third-order valence-corrected chi connectivity index (χ3v) is 4.23. The van der Waals surface area contributed by atoms with Gasteiger partial charge in [0.1, 0.15) is 0 Å². The first-order valence-corrected chi connectivity index (χ1v) is 8.21. The monoisotopic (exact) mass is 341 g/mol. The van der Waals surface area contributed by atoms with E-state index < -0.39 is 0 Å². The summed E-state index contributed by atoms with van der Waals surface area (Å²) in [5.41, 5.74) is 1.94. The lowest BCUT2D eigenvalue weighted by molar-refractivity contribution is 0.103. The zero-order chi connectivity index (χ0) is 17.9. The predicted molar refractivity (Wildman–Crippen MR) is 99.2 cm³/mol. The molecule has 0 N–H and O–H groups in total. The third-order valence-electron chi connectivity index (χ3n) is 4.23. The molecule has 0 aliphatic rings. The van der Waals surface area contributed by atoms with Crippen LogP contribution in [0.1, 0.15) is 21.6 Å². The fourth-order valence-corrected chi connectivity index (χ4v) is 2.96. The second kappa shape index (κ2) is 6.72. The van der Waals surface area contributed by atoms with Crippen molar-refractivity contribution in [1.29, 1.82) is 0 Å². The van der Waals surface area contributed by atoms with Crippen LogP contribution in [0.4, 0.5) is 0 Å². The maximum atomic E-state index is 12.9. The van der Waals surface area contributed by atoms with E-state index in [4.69, 9.17) is 0 Å². The fraction of sp³-hybridized carbons (Fsp3) is 0.0476. The molecular formula is C21H15N3O2. The van der Waals surface area contributed by atoms with Gasteiger partial charge in [0.15, 0.2) is 5.78 Å². The number of carbonyl (C=O) groups excluding carboxylic acids is 1. The highest BCUT2D eigenvalue weighted by Crippen LogP contribution is 2.15. The van der Waals surface area contributed by atoms with E-state index in [0.29, 0.717) is 17.5 Å². The summed E-state index contributed by atoms with van der Waals surface area (Å²) in [5.74, 6) is -0.307. The summed E-state index contributed by atoms with van der Waals surface area (Å²) >= 11 is 0. The summed E-state index contributed by atoms with van der Waals surface area (Å²) in [6, 6.07) is 16.2. The van der Waals surface area contributed by atoms with Gasteiger partial charge in [-0.2, -0.15) is 0 Å². The maximum Gasteiger partial charge on any atom is 0.200 e. The molecule has 0 spiro atoms. The first-order chi connectivity index (χ1) is 12.7. The van der Waals surface area contributed by atoms with Crippen LogP contribution < -0.4 is 5.43 Å². The van der Waals surface area contributed by atoms with Gasteiger partial charge < -0.3 is 4.57 Å². The Morgan fingerprint density at radius 3 is 2.46 bits per heavy atom. The van der Waals surface area contributed by atoms with Crippen molar-refractivity contribution < 1.29 is 4.79 Å². The van der Waals surface area contributed by atoms with Crippen LogP contribution in [0.15, 0.2) is 84.2 Å². The number of nitrogens with zero attached hydrogens (tertiary/aromatic N) is 3. The summed E-state index contributed by atoms with van der Waals surface area (Å²) in [4.78, 5) is 34.0. The van der Waals surface area contributed by atoms with Gasteiger partial charge in [-0.1, -0.05) is 18.2 Å². The first-order valence-electron chi connectivity index (χ1n) is 8.21. The molecule has 4 aromatic rings. The van der Waals surface area contributed by atoms with Gasteiger partial charge in [0.2, 0.25) is 5.43 Å². The number of pyridine rings is 3. The molecule has 0 bridgehead atoms. The number of rotatable bonds is 4. The molecule has 3 aromatic heterocycles. The Bertz CT molecular complexity index is 1140. The summed E-state index contributed by atoms with van der Waals surface area (Å²) < 4.78 is 1.90. The molecular weight excluding hydrogens is 326 g/mol. The molecule has 5 heteroatoms. The van der Waals surface area contributed by atoms with Crippen molar-refractivity contribution in [2.24, 2.45) is 0 Å². The van der Waals surface area contributed by atoms with Gasteiger partial charge in [-0.3, -0.25) is 19.6 Å². The molecule has 0 aliphatic heterocycles. The highest BCUT2D eigenvalue weighted by atomic mass is 16.1. The molecule has 4 rings (SSSR count). The van der Waals surface area contributed by atoms with Gasteiger partial charge in [0.05, 0.1) is 23.3 Å². The van der Waals surface area contributed by atoms with Crippen LogP contribution in [0.2, 0.25) is 0 Å². The Kier molecular flexibility index (Phi) is 4.11. The summed E-state index contributed by atoms with van der Waals surface area (Å²) in [5, 5.41) is 0.517. The van der Waals surface area contributed by atoms with Crippen LogP contribution in [0, 0.1) is 0 Å². The third kappa shape index (κ3) is 2.91. The van der Waals surface area contributed by atoms with Gasteiger partial charge in [-0.15, -0.1) is 0 Å². The molecule has 0 unspecified atom stereocenters. The van der Waals surface area contributed by atoms with Crippen LogP contribution in [0.3, 0.4) is 0 Å². The fourth-order valence-electron chi connectivity index (χ4n) is 2.96. The van der Waals surface area contributed by atoms with Crippen LogP contribution in [0.5, 0.6) is 0 Å². The summed E-state index contributed by atoms with van der Waals surface area (Å²) in [6.07, 6.45) is 6.44. The highest BCUT2D eigenvalue weighted by Gasteiger charge is 2.17. The van der Waals surface area contributed by atoms with E-state index >= 15 is 0 Å². The van der Waals surface area contributed by atoms with Gasteiger partial charge >= 0.3 is 0 Å². The molecule has 0 amide bonds. The van der Waals surface area contributed by atoms with Gasteiger partial charge in [0.25, 0.3) is 0 Å². The van der Waals surface area contributed by atoms with Gasteiger partial charge in [-0.05, 0) is 36.4 Å². The van der Waals surface area contributed by atoms with Gasteiger partial charge in [0, 0.05) is 35.7 Å². The number of hydrogen-bond donors (Lipinski definition) is 0. The Hall–Kier alpha value is -3.60. The lowest BCUT2D eigenvalue weighted by atomic mass is 10.0. The number of hydrogen-bond acceptors (Lipinski definition) is 4. The SMILES string of the molecule is O=C(c1ccncc1)c1cn(Cc2ccccn2)c2ccccc2c1=O. The van der Waals surface area contributed by atoms with Crippen molar-refractivity contribution in [3.63, 3.8) is 0 Å². The highest BCUT2D eigenvalue weighted by molar-refractivity contribution is 6.10. The molecule has 0 atom stereocenters. The number of benzene rings is 1. The van der Waals surface area contributed by atoms with Crippen LogP contribution in [-0.4, -0.2) is 20.3 Å². The smallest absolute Gasteiger partial charge is 0.200 e. The zero-order valence-electron chi connectivity index (χ0n) is 13.9. The Labute approximate surface area is 149 Å². The standard InChI is InChI=1S/C21H15N3O2/c25-20(15-8-11-22-12-9-15)18-14-24(13-16-5-3-4-10-23-16)19-7-2-1-6-17(19)21(18)26/h1-12,14H,13H2. The minimum absolute atomic E-state index is 0.144. The Morgan fingerprint density at radius 1 is 0.923 bits per heavy atom. The number of carbonyl (C=O) groups is 1.